The fraction of sp³-hybridized carbons (Fsp3) is 0.375. The molecule has 0 radical (unpaired) electrons. The van der Waals surface area contributed by atoms with Crippen LogP contribution in [0.3, 0.4) is 0 Å². The molecule has 7 heteroatoms. The lowest BCUT2D eigenvalue weighted by atomic mass is 9.86. The van der Waals surface area contributed by atoms with Crippen LogP contribution in [0.5, 0.6) is 0 Å². The van der Waals surface area contributed by atoms with Crippen molar-refractivity contribution in [3.8, 4) is 10.4 Å². The third kappa shape index (κ3) is 4.14. The van der Waals surface area contributed by atoms with E-state index in [1.54, 1.807) is 17.5 Å². The lowest BCUT2D eigenvalue weighted by Crippen LogP contribution is -2.39. The number of nitrogens with two attached hydrogens (primary N) is 2. The standard InChI is InChI=1S/C24H28N4O2S/c1-24(2,3)16-6-4-14(5-7-16)19-12-17-20(31-19)18(22(26)30)13-27-23(17)28-10-8-15(9-11-28)21(25)29/h4-7,12-13,15H,8-11H2,1-3H3,(H2,25,29)(H2,26,30). The molecule has 31 heavy (non-hydrogen) atoms. The molecular formula is C24H28N4O2S. The van der Waals surface area contributed by atoms with E-state index in [2.05, 4.69) is 61.0 Å². The van der Waals surface area contributed by atoms with E-state index in [0.717, 1.165) is 26.3 Å². The normalized spacial score (nSPS) is 15.4. The Bertz CT molecular complexity index is 1140. The van der Waals surface area contributed by atoms with Gasteiger partial charge in [0.1, 0.15) is 5.82 Å². The van der Waals surface area contributed by atoms with Crippen LogP contribution in [0.25, 0.3) is 20.5 Å². The Labute approximate surface area is 186 Å². The molecule has 2 amide bonds. The number of amides is 2. The van der Waals surface area contributed by atoms with Crippen LogP contribution < -0.4 is 16.4 Å². The van der Waals surface area contributed by atoms with Gasteiger partial charge in [0.05, 0.1) is 10.3 Å². The molecule has 0 aliphatic carbocycles. The Kier molecular flexibility index (Phi) is 5.47. The molecule has 0 unspecified atom stereocenters. The molecule has 0 atom stereocenters. The number of thiophene rings is 1. The van der Waals surface area contributed by atoms with Gasteiger partial charge >= 0.3 is 0 Å². The van der Waals surface area contributed by atoms with Crippen molar-refractivity contribution in [1.82, 2.24) is 4.98 Å². The summed E-state index contributed by atoms with van der Waals surface area (Å²) >= 11 is 1.56. The molecule has 1 saturated heterocycles. The van der Waals surface area contributed by atoms with Crippen LogP contribution in [0.1, 0.15) is 49.5 Å². The van der Waals surface area contributed by atoms with Gasteiger partial charge in [-0.2, -0.15) is 0 Å². The van der Waals surface area contributed by atoms with E-state index in [9.17, 15) is 9.59 Å². The molecule has 1 aliphatic rings. The molecule has 0 bridgehead atoms. The number of carbonyl (C=O) groups is 2. The minimum Gasteiger partial charge on any atom is -0.369 e. The second-order valence-electron chi connectivity index (χ2n) is 9.20. The van der Waals surface area contributed by atoms with Crippen LogP contribution in [0.15, 0.2) is 36.5 Å². The Hall–Kier alpha value is -2.93. The number of carbonyl (C=O) groups excluding carboxylic acids is 2. The fourth-order valence-corrected chi connectivity index (χ4v) is 5.27. The van der Waals surface area contributed by atoms with E-state index in [0.29, 0.717) is 31.5 Å². The van der Waals surface area contributed by atoms with Crippen LogP contribution in [-0.2, 0) is 10.2 Å². The third-order valence-electron chi connectivity index (χ3n) is 6.03. The molecule has 3 heterocycles. The summed E-state index contributed by atoms with van der Waals surface area (Å²) in [4.78, 5) is 31.4. The third-order valence-corrected chi connectivity index (χ3v) is 7.25. The largest absolute Gasteiger partial charge is 0.369 e. The van der Waals surface area contributed by atoms with Crippen LogP contribution >= 0.6 is 11.3 Å². The molecule has 1 aliphatic heterocycles. The second kappa shape index (κ2) is 7.96. The van der Waals surface area contributed by atoms with E-state index in [4.69, 9.17) is 11.5 Å². The molecule has 0 spiro atoms. The first-order valence-corrected chi connectivity index (χ1v) is 11.3. The first kappa shape index (κ1) is 21.3. The molecule has 2 aromatic heterocycles. The molecule has 4 N–H and O–H groups in total. The van der Waals surface area contributed by atoms with Gasteiger partial charge in [-0.15, -0.1) is 11.3 Å². The number of pyridine rings is 1. The Morgan fingerprint density at radius 3 is 2.29 bits per heavy atom. The van der Waals surface area contributed by atoms with E-state index < -0.39 is 5.91 Å². The number of hydrogen-bond acceptors (Lipinski definition) is 5. The van der Waals surface area contributed by atoms with Crippen LogP contribution in [0, 0.1) is 5.92 Å². The zero-order chi connectivity index (χ0) is 22.3. The summed E-state index contributed by atoms with van der Waals surface area (Å²) in [5.41, 5.74) is 14.0. The predicted molar refractivity (Wildman–Crippen MR) is 126 cm³/mol. The topological polar surface area (TPSA) is 102 Å². The summed E-state index contributed by atoms with van der Waals surface area (Å²) in [5.74, 6) is 0.0269. The van der Waals surface area contributed by atoms with Crippen molar-refractivity contribution in [2.75, 3.05) is 18.0 Å². The Balaban J connectivity index is 1.75. The van der Waals surface area contributed by atoms with Crippen LogP contribution in [0.2, 0.25) is 0 Å². The summed E-state index contributed by atoms with van der Waals surface area (Å²) in [6.07, 6.45) is 2.99. The number of benzene rings is 1. The van der Waals surface area contributed by atoms with Crippen molar-refractivity contribution in [3.05, 3.63) is 47.7 Å². The number of primary amides is 2. The summed E-state index contributed by atoms with van der Waals surface area (Å²) in [6, 6.07) is 10.7. The van der Waals surface area contributed by atoms with Crippen molar-refractivity contribution in [2.45, 2.75) is 39.0 Å². The monoisotopic (exact) mass is 436 g/mol. The highest BCUT2D eigenvalue weighted by molar-refractivity contribution is 7.22. The summed E-state index contributed by atoms with van der Waals surface area (Å²) in [5, 5.41) is 0.925. The molecule has 1 fully saturated rings. The minimum absolute atomic E-state index is 0.0870. The maximum Gasteiger partial charge on any atom is 0.251 e. The maximum atomic E-state index is 12.0. The van der Waals surface area contributed by atoms with Gasteiger partial charge < -0.3 is 16.4 Å². The van der Waals surface area contributed by atoms with Gasteiger partial charge in [-0.05, 0) is 35.4 Å². The Morgan fingerprint density at radius 1 is 1.10 bits per heavy atom. The molecule has 6 nitrogen and oxygen atoms in total. The number of aromatic nitrogens is 1. The van der Waals surface area contributed by atoms with Crippen LogP contribution in [-0.4, -0.2) is 29.9 Å². The molecule has 162 valence electrons. The first-order valence-electron chi connectivity index (χ1n) is 10.5. The first-order chi connectivity index (χ1) is 14.6. The zero-order valence-electron chi connectivity index (χ0n) is 18.1. The van der Waals surface area contributed by atoms with Crippen LogP contribution in [0.4, 0.5) is 5.82 Å². The minimum atomic E-state index is -0.479. The molecule has 3 aromatic rings. The van der Waals surface area contributed by atoms with Gasteiger partial charge in [0.15, 0.2) is 0 Å². The van der Waals surface area contributed by atoms with E-state index in [1.807, 2.05) is 0 Å². The molecule has 4 rings (SSSR count). The lowest BCUT2D eigenvalue weighted by Gasteiger charge is -2.31. The number of hydrogen-bond donors (Lipinski definition) is 2. The smallest absolute Gasteiger partial charge is 0.251 e. The van der Waals surface area contributed by atoms with Gasteiger partial charge in [-0.3, -0.25) is 9.59 Å². The van der Waals surface area contributed by atoms with Crippen molar-refractivity contribution in [3.63, 3.8) is 0 Å². The highest BCUT2D eigenvalue weighted by atomic mass is 32.1. The van der Waals surface area contributed by atoms with Crippen molar-refractivity contribution < 1.29 is 9.59 Å². The second-order valence-corrected chi connectivity index (χ2v) is 10.3. The van der Waals surface area contributed by atoms with Crippen molar-refractivity contribution in [1.29, 1.82) is 0 Å². The lowest BCUT2D eigenvalue weighted by molar-refractivity contribution is -0.122. The summed E-state index contributed by atoms with van der Waals surface area (Å²) < 4.78 is 0.851. The highest BCUT2D eigenvalue weighted by Crippen LogP contribution is 2.40. The number of piperidine rings is 1. The Morgan fingerprint density at radius 2 is 1.74 bits per heavy atom. The van der Waals surface area contributed by atoms with E-state index in [1.165, 1.54) is 5.56 Å². The number of nitrogens with zero attached hydrogens (tertiary/aromatic N) is 2. The van der Waals surface area contributed by atoms with E-state index in [-0.39, 0.29) is 17.2 Å². The molecule has 1 aromatic carbocycles. The summed E-state index contributed by atoms with van der Waals surface area (Å²) in [6.45, 7) is 7.99. The summed E-state index contributed by atoms with van der Waals surface area (Å²) in [7, 11) is 0. The number of rotatable bonds is 4. The predicted octanol–water partition coefficient (Wildman–Crippen LogP) is 4.06. The quantitative estimate of drug-likeness (QED) is 0.644. The molecular weight excluding hydrogens is 408 g/mol. The maximum absolute atomic E-state index is 12.0. The van der Waals surface area contributed by atoms with Gasteiger partial charge in [0.2, 0.25) is 5.91 Å². The SMILES string of the molecule is CC(C)(C)c1ccc(-c2cc3c(N4CCC(C(N)=O)CC4)ncc(C(N)=O)c3s2)cc1. The number of anilines is 1. The van der Waals surface area contributed by atoms with Gasteiger partial charge in [0, 0.05) is 35.5 Å². The molecule has 0 saturated carbocycles. The zero-order valence-corrected chi connectivity index (χ0v) is 19.0. The average Bonchev–Trinajstić information content (AvgIpc) is 3.17. The van der Waals surface area contributed by atoms with E-state index >= 15 is 0 Å². The van der Waals surface area contributed by atoms with Gasteiger partial charge in [-0.25, -0.2) is 4.98 Å². The number of fused-ring (bicyclic) bond motifs is 1. The highest BCUT2D eigenvalue weighted by Gasteiger charge is 2.26. The average molecular weight is 437 g/mol. The van der Waals surface area contributed by atoms with Crippen molar-refractivity contribution >= 4 is 39.1 Å². The van der Waals surface area contributed by atoms with Gasteiger partial charge in [-0.1, -0.05) is 45.0 Å². The van der Waals surface area contributed by atoms with Gasteiger partial charge in [0.25, 0.3) is 5.91 Å². The fourth-order valence-electron chi connectivity index (χ4n) is 4.09. The van der Waals surface area contributed by atoms with Crippen molar-refractivity contribution in [2.24, 2.45) is 17.4 Å².